The lowest BCUT2D eigenvalue weighted by Crippen LogP contribution is -2.65. The van der Waals surface area contributed by atoms with Gasteiger partial charge in [-0.25, -0.2) is 9.59 Å². The van der Waals surface area contributed by atoms with Gasteiger partial charge in [0.25, 0.3) is 0 Å². The number of Topliss-reactive ketones (excluding diaryl/α,β-unsaturated/α-hetero) is 1. The standard InChI is InChI=1S/C32H32N2O10/c1-16-23(41-30-25(37)27(43-31(33)39)28(40-4)32(2,3)44-30)11-10-20-24(36)21(29(38)42-26(16)20)14-22(35)18-8-5-7-17(13-18)19-9-6-12-34-15-19/h5-13,15,25,27-28,30,36-37H,14H2,1-4H3,(H2,33,39)/t25-,27+,28-,30-/m1/s1. The van der Waals surface area contributed by atoms with E-state index < -0.39 is 54.1 Å². The SMILES string of the molecule is CO[C@@H]1[C@@H](OC(N)=O)[C@@H](O)[C@H](Oc2ccc3c(O)c(CC(=O)c4cccc(-c5cccnc5)c4)c(=O)oc3c2C)OC1(C)C. The Morgan fingerprint density at radius 2 is 1.86 bits per heavy atom. The van der Waals surface area contributed by atoms with Gasteiger partial charge in [-0.3, -0.25) is 9.78 Å². The highest BCUT2D eigenvalue weighted by atomic mass is 16.7. The highest BCUT2D eigenvalue weighted by Crippen LogP contribution is 2.38. The van der Waals surface area contributed by atoms with Crippen LogP contribution >= 0.6 is 0 Å². The van der Waals surface area contributed by atoms with Crippen LogP contribution in [0.15, 0.2) is 70.1 Å². The zero-order valence-corrected chi connectivity index (χ0v) is 24.5. The number of ketones is 1. The quantitative estimate of drug-likeness (QED) is 0.197. The molecule has 1 fully saturated rings. The average Bonchev–Trinajstić information content (AvgIpc) is 2.99. The van der Waals surface area contributed by atoms with E-state index in [1.165, 1.54) is 19.2 Å². The molecule has 0 unspecified atom stereocenters. The monoisotopic (exact) mass is 604 g/mol. The number of pyridine rings is 1. The van der Waals surface area contributed by atoms with Gasteiger partial charge in [-0.1, -0.05) is 24.3 Å². The molecule has 4 atom stereocenters. The number of aliphatic hydroxyl groups excluding tert-OH is 1. The summed E-state index contributed by atoms with van der Waals surface area (Å²) >= 11 is 0. The fourth-order valence-electron chi connectivity index (χ4n) is 5.43. The highest BCUT2D eigenvalue weighted by Gasteiger charge is 2.53. The number of nitrogens with zero attached hydrogens (tertiary/aromatic N) is 1. The number of hydrogen-bond donors (Lipinski definition) is 3. The summed E-state index contributed by atoms with van der Waals surface area (Å²) in [6.07, 6.45) is -3.08. The predicted molar refractivity (Wildman–Crippen MR) is 157 cm³/mol. The van der Waals surface area contributed by atoms with Crippen molar-refractivity contribution in [1.29, 1.82) is 0 Å². The normalized spacial score (nSPS) is 21.1. The number of aryl methyl sites for hydroxylation is 1. The molecule has 2 aromatic carbocycles. The number of benzene rings is 2. The van der Waals surface area contributed by atoms with Crippen LogP contribution in [0.1, 0.15) is 35.3 Å². The molecule has 1 aliphatic heterocycles. The number of rotatable bonds is 8. The van der Waals surface area contributed by atoms with E-state index in [4.69, 9.17) is 29.1 Å². The fourth-order valence-corrected chi connectivity index (χ4v) is 5.43. The van der Waals surface area contributed by atoms with Crippen molar-refractivity contribution in [2.24, 2.45) is 5.73 Å². The summed E-state index contributed by atoms with van der Waals surface area (Å²) in [7, 11) is 1.38. The van der Waals surface area contributed by atoms with E-state index in [0.717, 1.165) is 11.1 Å². The number of hydrogen-bond acceptors (Lipinski definition) is 11. The van der Waals surface area contributed by atoms with E-state index in [1.807, 2.05) is 12.1 Å². The molecule has 5 rings (SSSR count). The number of amides is 1. The van der Waals surface area contributed by atoms with Crippen LogP contribution in [-0.2, 0) is 20.6 Å². The minimum Gasteiger partial charge on any atom is -0.507 e. The van der Waals surface area contributed by atoms with Crippen LogP contribution in [0, 0.1) is 6.92 Å². The molecule has 3 heterocycles. The van der Waals surface area contributed by atoms with Crippen molar-refractivity contribution in [2.75, 3.05) is 7.11 Å². The second kappa shape index (κ2) is 12.1. The smallest absolute Gasteiger partial charge is 0.404 e. The van der Waals surface area contributed by atoms with Crippen molar-refractivity contribution < 1.29 is 43.2 Å². The van der Waals surface area contributed by atoms with Crippen LogP contribution in [0.25, 0.3) is 22.1 Å². The lowest BCUT2D eigenvalue weighted by Gasteiger charge is -2.47. The maximum absolute atomic E-state index is 13.2. The number of aromatic nitrogens is 1. The van der Waals surface area contributed by atoms with E-state index in [2.05, 4.69) is 4.98 Å². The number of primary amides is 1. The summed E-state index contributed by atoms with van der Waals surface area (Å²) in [5.74, 6) is -0.622. The Labute approximate surface area is 251 Å². The van der Waals surface area contributed by atoms with Gasteiger partial charge in [-0.05, 0) is 50.6 Å². The first kappa shape index (κ1) is 30.7. The van der Waals surface area contributed by atoms with Crippen LogP contribution in [0.5, 0.6) is 11.5 Å². The average molecular weight is 605 g/mol. The summed E-state index contributed by atoms with van der Waals surface area (Å²) in [6.45, 7) is 4.93. The molecule has 44 heavy (non-hydrogen) atoms. The lowest BCUT2D eigenvalue weighted by atomic mass is 9.89. The van der Waals surface area contributed by atoms with Gasteiger partial charge in [0.1, 0.15) is 23.2 Å². The zero-order chi connectivity index (χ0) is 31.8. The van der Waals surface area contributed by atoms with E-state index >= 15 is 0 Å². The first-order valence-electron chi connectivity index (χ1n) is 13.7. The maximum Gasteiger partial charge on any atom is 0.404 e. The van der Waals surface area contributed by atoms with E-state index in [-0.39, 0.29) is 28.1 Å². The molecule has 12 nitrogen and oxygen atoms in total. The summed E-state index contributed by atoms with van der Waals surface area (Å²) in [6, 6.07) is 13.5. The molecular weight excluding hydrogens is 572 g/mol. The first-order chi connectivity index (χ1) is 20.9. The second-order valence-corrected chi connectivity index (χ2v) is 11.0. The van der Waals surface area contributed by atoms with Gasteiger partial charge < -0.3 is 39.3 Å². The largest absolute Gasteiger partial charge is 0.507 e. The second-order valence-electron chi connectivity index (χ2n) is 11.0. The molecule has 4 aromatic rings. The molecule has 12 heteroatoms. The molecule has 0 bridgehead atoms. The number of aromatic hydroxyl groups is 1. The Balaban J connectivity index is 1.42. The maximum atomic E-state index is 13.2. The minimum atomic E-state index is -1.50. The Bertz CT molecular complexity index is 1770. The highest BCUT2D eigenvalue weighted by molar-refractivity contribution is 5.99. The molecule has 2 aromatic heterocycles. The van der Waals surface area contributed by atoms with Gasteiger partial charge in [-0.2, -0.15) is 0 Å². The molecule has 1 amide bonds. The molecule has 0 radical (unpaired) electrons. The van der Waals surface area contributed by atoms with Crippen molar-refractivity contribution >= 4 is 22.8 Å². The Hall–Kier alpha value is -4.78. The van der Waals surface area contributed by atoms with E-state index in [1.54, 1.807) is 57.4 Å². The van der Waals surface area contributed by atoms with E-state index in [9.17, 15) is 24.6 Å². The summed E-state index contributed by atoms with van der Waals surface area (Å²) in [4.78, 5) is 41.9. The van der Waals surface area contributed by atoms with Crippen molar-refractivity contribution in [3.8, 4) is 22.6 Å². The van der Waals surface area contributed by atoms with Crippen LogP contribution in [0.4, 0.5) is 4.79 Å². The van der Waals surface area contributed by atoms with Crippen molar-refractivity contribution in [3.63, 3.8) is 0 Å². The predicted octanol–water partition coefficient (Wildman–Crippen LogP) is 3.65. The van der Waals surface area contributed by atoms with Crippen LogP contribution < -0.4 is 16.1 Å². The van der Waals surface area contributed by atoms with Crippen LogP contribution in [0.3, 0.4) is 0 Å². The molecule has 230 valence electrons. The van der Waals surface area contributed by atoms with Crippen LogP contribution in [0.2, 0.25) is 0 Å². The van der Waals surface area contributed by atoms with Gasteiger partial charge >= 0.3 is 11.7 Å². The minimum absolute atomic E-state index is 0.0176. The Morgan fingerprint density at radius 3 is 2.55 bits per heavy atom. The number of methoxy groups -OCH3 is 1. The third-order valence-electron chi connectivity index (χ3n) is 7.62. The Morgan fingerprint density at radius 1 is 1.11 bits per heavy atom. The number of aliphatic hydroxyl groups is 1. The summed E-state index contributed by atoms with van der Waals surface area (Å²) < 4.78 is 28.0. The van der Waals surface area contributed by atoms with Gasteiger partial charge in [-0.15, -0.1) is 0 Å². The topological polar surface area (TPSA) is 181 Å². The fraction of sp³-hybridized carbons (Fsp3) is 0.312. The van der Waals surface area contributed by atoms with E-state index in [0.29, 0.717) is 11.1 Å². The molecular formula is C32H32N2O10. The molecule has 0 aliphatic carbocycles. The molecule has 1 saturated heterocycles. The number of carbonyl (C=O) groups excluding carboxylic acids is 2. The third kappa shape index (κ3) is 5.87. The number of nitrogens with two attached hydrogens (primary N) is 1. The molecule has 4 N–H and O–H groups in total. The van der Waals surface area contributed by atoms with Crippen LogP contribution in [-0.4, -0.2) is 64.4 Å². The van der Waals surface area contributed by atoms with Gasteiger partial charge in [0.15, 0.2) is 18.0 Å². The summed E-state index contributed by atoms with van der Waals surface area (Å²) in [5.41, 5.74) is 5.35. The first-order valence-corrected chi connectivity index (χ1v) is 13.7. The van der Waals surface area contributed by atoms with Gasteiger partial charge in [0.05, 0.1) is 16.6 Å². The summed E-state index contributed by atoms with van der Waals surface area (Å²) in [5, 5.41) is 22.2. The molecule has 1 aliphatic rings. The number of carbonyl (C=O) groups is 2. The lowest BCUT2D eigenvalue weighted by molar-refractivity contribution is -0.304. The Kier molecular flexibility index (Phi) is 8.42. The molecule has 0 spiro atoms. The van der Waals surface area contributed by atoms with Gasteiger partial charge in [0.2, 0.25) is 6.29 Å². The third-order valence-corrected chi connectivity index (χ3v) is 7.62. The van der Waals surface area contributed by atoms with Gasteiger partial charge in [0, 0.05) is 42.6 Å². The molecule has 0 saturated carbocycles. The number of ether oxygens (including phenoxy) is 4. The van der Waals surface area contributed by atoms with Crippen molar-refractivity contribution in [2.45, 2.75) is 57.4 Å². The number of fused-ring (bicyclic) bond motifs is 1. The zero-order valence-electron chi connectivity index (χ0n) is 24.5. The van der Waals surface area contributed by atoms with Crippen molar-refractivity contribution in [1.82, 2.24) is 4.98 Å². The van der Waals surface area contributed by atoms with Crippen molar-refractivity contribution in [3.05, 3.63) is 88.0 Å².